The van der Waals surface area contributed by atoms with Gasteiger partial charge in [-0.1, -0.05) is 6.92 Å². The molecule has 0 radical (unpaired) electrons. The van der Waals surface area contributed by atoms with Crippen molar-refractivity contribution in [3.05, 3.63) is 29.1 Å². The van der Waals surface area contributed by atoms with Crippen molar-refractivity contribution in [2.24, 2.45) is 0 Å². The number of fused-ring (bicyclic) bond motifs is 2. The Balaban J connectivity index is 0.00000108. The average molecular weight is 217 g/mol. The molecule has 0 unspecified atom stereocenters. The van der Waals surface area contributed by atoms with E-state index in [0.29, 0.717) is 0 Å². The van der Waals surface area contributed by atoms with E-state index in [0.717, 1.165) is 30.9 Å². The smallest absolute Gasteiger partial charge is 0.104 e. The van der Waals surface area contributed by atoms with Crippen molar-refractivity contribution in [1.29, 1.82) is 0 Å². The summed E-state index contributed by atoms with van der Waals surface area (Å²) < 4.78 is 0. The molecule has 0 amide bonds. The van der Waals surface area contributed by atoms with Gasteiger partial charge in [-0.15, -0.1) is 0 Å². The minimum atomic E-state index is 0. The third kappa shape index (κ3) is 1.52. The lowest BCUT2D eigenvalue weighted by Crippen LogP contribution is -2.30. The number of aryl methyl sites for hydroxylation is 1. The molecule has 0 fully saturated rings. The number of H-pyrrole nitrogens is 1. The van der Waals surface area contributed by atoms with Gasteiger partial charge in [0.15, 0.2) is 0 Å². The number of aromatic nitrogens is 2. The summed E-state index contributed by atoms with van der Waals surface area (Å²) in [6.07, 6.45) is 1.16. The topological polar surface area (TPSA) is 31.9 Å². The molecule has 0 saturated heterocycles. The highest BCUT2D eigenvalue weighted by molar-refractivity contribution is 5.77. The highest BCUT2D eigenvalue weighted by Gasteiger charge is 2.16. The lowest BCUT2D eigenvalue weighted by atomic mass is 9.99. The predicted octanol–water partition coefficient (Wildman–Crippen LogP) is 2.50. The van der Waals surface area contributed by atoms with E-state index < -0.39 is 0 Å². The van der Waals surface area contributed by atoms with Crippen molar-refractivity contribution in [2.45, 2.75) is 26.8 Å². The summed E-state index contributed by atoms with van der Waals surface area (Å²) in [5.41, 5.74) is 5.23. The second-order valence-electron chi connectivity index (χ2n) is 4.58. The molecular formula is C13H19N3. The van der Waals surface area contributed by atoms with Gasteiger partial charge in [-0.05, 0) is 43.1 Å². The van der Waals surface area contributed by atoms with E-state index in [9.17, 15) is 0 Å². The van der Waals surface area contributed by atoms with E-state index in [1.165, 1.54) is 23.2 Å². The van der Waals surface area contributed by atoms with Gasteiger partial charge in [-0.25, -0.2) is 4.98 Å². The largest absolute Gasteiger partial charge is 0.342 e. The Labute approximate surface area is 97.0 Å². The first-order valence-electron chi connectivity index (χ1n) is 5.96. The van der Waals surface area contributed by atoms with Crippen LogP contribution in [0.1, 0.15) is 25.3 Å². The molecule has 1 aromatic carbocycles. The van der Waals surface area contributed by atoms with Crippen LogP contribution < -0.4 is 0 Å². The van der Waals surface area contributed by atoms with Crippen LogP contribution in [-0.2, 0) is 13.0 Å². The molecule has 1 N–H and O–H groups in total. The van der Waals surface area contributed by atoms with Crippen molar-refractivity contribution in [3.63, 3.8) is 0 Å². The standard InChI is InChI=1S/C13H17N3.H2/c1-3-16-5-4-10-6-12-13(7-11(10)8-16)15-9(2)14-12;/h6-7H,3-5,8H2,1-2H3,(H,14,15);1H. The van der Waals surface area contributed by atoms with Crippen LogP contribution in [0.25, 0.3) is 11.0 Å². The Hall–Kier alpha value is -1.35. The molecule has 1 aliphatic heterocycles. The highest BCUT2D eigenvalue weighted by Crippen LogP contribution is 2.23. The van der Waals surface area contributed by atoms with Gasteiger partial charge in [0.05, 0.1) is 11.0 Å². The van der Waals surface area contributed by atoms with Crippen LogP contribution in [-0.4, -0.2) is 28.0 Å². The molecule has 0 aliphatic carbocycles. The van der Waals surface area contributed by atoms with Crippen LogP contribution in [0.5, 0.6) is 0 Å². The summed E-state index contributed by atoms with van der Waals surface area (Å²) in [5, 5.41) is 0. The SMILES string of the molecule is CCN1CCc2cc3nc(C)[nH]c3cc2C1.[HH]. The highest BCUT2D eigenvalue weighted by atomic mass is 15.1. The molecule has 0 bridgehead atoms. The van der Waals surface area contributed by atoms with Crippen LogP contribution in [0.2, 0.25) is 0 Å². The number of imidazole rings is 1. The summed E-state index contributed by atoms with van der Waals surface area (Å²) in [5.74, 6) is 1.00. The molecule has 3 nitrogen and oxygen atoms in total. The zero-order valence-electron chi connectivity index (χ0n) is 9.88. The first kappa shape index (κ1) is 9.85. The van der Waals surface area contributed by atoms with Crippen molar-refractivity contribution >= 4 is 11.0 Å². The summed E-state index contributed by atoms with van der Waals surface area (Å²) in [4.78, 5) is 10.3. The van der Waals surface area contributed by atoms with E-state index in [-0.39, 0.29) is 1.43 Å². The number of benzene rings is 1. The third-order valence-electron chi connectivity index (χ3n) is 3.46. The number of nitrogens with zero attached hydrogens (tertiary/aromatic N) is 2. The summed E-state index contributed by atoms with van der Waals surface area (Å²) in [6.45, 7) is 7.64. The molecule has 16 heavy (non-hydrogen) atoms. The molecule has 3 heteroatoms. The fraction of sp³-hybridized carbons (Fsp3) is 0.462. The van der Waals surface area contributed by atoms with Crippen LogP contribution in [0, 0.1) is 6.92 Å². The Morgan fingerprint density at radius 3 is 3.12 bits per heavy atom. The fourth-order valence-electron chi connectivity index (χ4n) is 2.52. The normalized spacial score (nSPS) is 16.6. The van der Waals surface area contributed by atoms with E-state index in [2.05, 4.69) is 33.9 Å². The summed E-state index contributed by atoms with van der Waals surface area (Å²) in [6, 6.07) is 4.52. The zero-order valence-corrected chi connectivity index (χ0v) is 9.88. The molecule has 0 atom stereocenters. The van der Waals surface area contributed by atoms with Gasteiger partial charge in [0, 0.05) is 14.5 Å². The molecule has 2 aromatic rings. The van der Waals surface area contributed by atoms with Crippen LogP contribution in [0.3, 0.4) is 0 Å². The number of aromatic amines is 1. The van der Waals surface area contributed by atoms with E-state index >= 15 is 0 Å². The Kier molecular flexibility index (Phi) is 2.21. The lowest BCUT2D eigenvalue weighted by Gasteiger charge is -2.27. The number of nitrogens with one attached hydrogen (secondary N) is 1. The van der Waals surface area contributed by atoms with E-state index in [1.807, 2.05) is 6.92 Å². The molecule has 1 aromatic heterocycles. The first-order chi connectivity index (χ1) is 7.76. The predicted molar refractivity (Wildman–Crippen MR) is 67.6 cm³/mol. The van der Waals surface area contributed by atoms with Gasteiger partial charge < -0.3 is 4.98 Å². The third-order valence-corrected chi connectivity index (χ3v) is 3.46. The second kappa shape index (κ2) is 3.59. The number of likely N-dealkylation sites (N-methyl/N-ethyl adjacent to an activating group) is 1. The molecular weight excluding hydrogens is 198 g/mol. The minimum absolute atomic E-state index is 0. The maximum Gasteiger partial charge on any atom is 0.104 e. The second-order valence-corrected chi connectivity index (χ2v) is 4.58. The van der Waals surface area contributed by atoms with Crippen LogP contribution in [0.15, 0.2) is 12.1 Å². The quantitative estimate of drug-likeness (QED) is 0.796. The van der Waals surface area contributed by atoms with Crippen molar-refractivity contribution in [3.8, 4) is 0 Å². The van der Waals surface area contributed by atoms with Gasteiger partial charge in [0.2, 0.25) is 0 Å². The zero-order chi connectivity index (χ0) is 11.1. The Bertz CT molecular complexity index is 533. The average Bonchev–Trinajstić information content (AvgIpc) is 2.64. The van der Waals surface area contributed by atoms with Crippen molar-refractivity contribution in [1.82, 2.24) is 14.9 Å². The van der Waals surface area contributed by atoms with Gasteiger partial charge in [0.1, 0.15) is 5.82 Å². The Morgan fingerprint density at radius 1 is 1.44 bits per heavy atom. The van der Waals surface area contributed by atoms with Gasteiger partial charge in [-0.2, -0.15) is 0 Å². The van der Waals surface area contributed by atoms with Crippen molar-refractivity contribution in [2.75, 3.05) is 13.1 Å². The first-order valence-corrected chi connectivity index (χ1v) is 5.96. The summed E-state index contributed by atoms with van der Waals surface area (Å²) in [7, 11) is 0. The Morgan fingerprint density at radius 2 is 2.31 bits per heavy atom. The number of hydrogen-bond acceptors (Lipinski definition) is 2. The monoisotopic (exact) mass is 217 g/mol. The molecule has 0 saturated carbocycles. The summed E-state index contributed by atoms with van der Waals surface area (Å²) >= 11 is 0. The maximum atomic E-state index is 4.49. The number of hydrogen-bond donors (Lipinski definition) is 1. The molecule has 3 rings (SSSR count). The van der Waals surface area contributed by atoms with Crippen molar-refractivity contribution < 1.29 is 1.43 Å². The van der Waals surface area contributed by atoms with Gasteiger partial charge in [0.25, 0.3) is 0 Å². The van der Waals surface area contributed by atoms with E-state index in [1.54, 1.807) is 0 Å². The van der Waals surface area contributed by atoms with Crippen LogP contribution >= 0.6 is 0 Å². The minimum Gasteiger partial charge on any atom is -0.342 e. The molecule has 2 heterocycles. The van der Waals surface area contributed by atoms with Gasteiger partial charge in [-0.3, -0.25) is 4.90 Å². The molecule has 86 valence electrons. The lowest BCUT2D eigenvalue weighted by molar-refractivity contribution is 0.268. The van der Waals surface area contributed by atoms with E-state index in [4.69, 9.17) is 0 Å². The molecule has 0 spiro atoms. The number of rotatable bonds is 1. The molecule has 1 aliphatic rings. The maximum absolute atomic E-state index is 4.49. The fourth-order valence-corrected chi connectivity index (χ4v) is 2.52. The van der Waals surface area contributed by atoms with Gasteiger partial charge >= 0.3 is 0 Å². The van der Waals surface area contributed by atoms with Crippen LogP contribution in [0.4, 0.5) is 0 Å².